The van der Waals surface area contributed by atoms with Gasteiger partial charge in [0, 0.05) is 0 Å². The van der Waals surface area contributed by atoms with E-state index in [1.807, 2.05) is 6.92 Å². The Kier molecular flexibility index (Phi) is 3.50. The maximum Gasteiger partial charge on any atom is 0.0645 e. The fourth-order valence-electron chi connectivity index (χ4n) is 1.19. The third-order valence-electron chi connectivity index (χ3n) is 2.74. The van der Waals surface area contributed by atoms with Crippen LogP contribution in [0.3, 0.4) is 0 Å². The molecule has 1 rings (SSSR count). The van der Waals surface area contributed by atoms with Gasteiger partial charge in [-0.05, 0) is 31.7 Å². The second kappa shape index (κ2) is 4.21. The first-order valence-corrected chi connectivity index (χ1v) is 4.73. The van der Waals surface area contributed by atoms with Crippen LogP contribution in [0.15, 0.2) is 0 Å². The number of aliphatic hydroxyl groups is 2. The van der Waals surface area contributed by atoms with Crippen molar-refractivity contribution in [2.45, 2.75) is 31.7 Å². The Hall–Kier alpha value is -0.120. The van der Waals surface area contributed by atoms with Gasteiger partial charge in [0.1, 0.15) is 0 Å². The molecule has 3 heteroatoms. The third-order valence-corrected chi connectivity index (χ3v) is 2.74. The number of hydrogen-bond acceptors (Lipinski definition) is 3. The summed E-state index contributed by atoms with van der Waals surface area (Å²) in [5.74, 6) is 0.786. The van der Waals surface area contributed by atoms with Gasteiger partial charge in [-0.25, -0.2) is 0 Å². The van der Waals surface area contributed by atoms with Gasteiger partial charge in [0.25, 0.3) is 0 Å². The molecule has 3 nitrogen and oxygen atoms in total. The molecule has 0 aliphatic heterocycles. The number of nitrogens with one attached hydrogen (secondary N) is 1. The molecule has 72 valence electrons. The summed E-state index contributed by atoms with van der Waals surface area (Å²) in [7, 11) is 0. The molecule has 0 atom stereocenters. The predicted octanol–water partition coefficient (Wildman–Crippen LogP) is 0.119. The molecule has 0 heterocycles. The Balaban J connectivity index is 2.28. The maximum absolute atomic E-state index is 9.09. The molecule has 0 amide bonds. The molecule has 0 bridgehead atoms. The Morgan fingerprint density at radius 1 is 1.33 bits per heavy atom. The van der Waals surface area contributed by atoms with Gasteiger partial charge in [0.05, 0.1) is 18.8 Å². The van der Waals surface area contributed by atoms with Crippen molar-refractivity contribution >= 4 is 0 Å². The highest BCUT2D eigenvalue weighted by Crippen LogP contribution is 2.28. The van der Waals surface area contributed by atoms with Gasteiger partial charge in [-0.15, -0.1) is 0 Å². The molecule has 0 aromatic heterocycles. The van der Waals surface area contributed by atoms with Crippen LogP contribution < -0.4 is 5.32 Å². The van der Waals surface area contributed by atoms with E-state index in [9.17, 15) is 0 Å². The molecule has 1 saturated carbocycles. The molecule has 0 radical (unpaired) electrons. The van der Waals surface area contributed by atoms with Gasteiger partial charge in [-0.3, -0.25) is 0 Å². The lowest BCUT2D eigenvalue weighted by Crippen LogP contribution is -2.51. The van der Waals surface area contributed by atoms with Gasteiger partial charge in [0.15, 0.2) is 0 Å². The zero-order valence-electron chi connectivity index (χ0n) is 7.71. The molecule has 1 aliphatic rings. The van der Waals surface area contributed by atoms with Gasteiger partial charge in [0.2, 0.25) is 0 Å². The second-order valence-corrected chi connectivity index (χ2v) is 3.77. The van der Waals surface area contributed by atoms with Crippen molar-refractivity contribution in [1.29, 1.82) is 0 Å². The Morgan fingerprint density at radius 2 is 1.92 bits per heavy atom. The smallest absolute Gasteiger partial charge is 0.0645 e. The lowest BCUT2D eigenvalue weighted by Gasteiger charge is -2.29. The van der Waals surface area contributed by atoms with Crippen molar-refractivity contribution in [2.75, 3.05) is 19.8 Å². The first kappa shape index (κ1) is 9.96. The highest BCUT2D eigenvalue weighted by molar-refractivity contribution is 4.88. The molecule has 0 aromatic rings. The molecular weight excluding hydrogens is 154 g/mol. The largest absolute Gasteiger partial charge is 0.394 e. The first-order valence-electron chi connectivity index (χ1n) is 4.73. The van der Waals surface area contributed by atoms with E-state index in [1.165, 1.54) is 12.8 Å². The molecule has 12 heavy (non-hydrogen) atoms. The summed E-state index contributed by atoms with van der Waals surface area (Å²) >= 11 is 0. The SMILES string of the molecule is CCC(CO)(CO)NCC1CC1. The fourth-order valence-corrected chi connectivity index (χ4v) is 1.19. The van der Waals surface area contributed by atoms with Crippen LogP contribution in [0.1, 0.15) is 26.2 Å². The minimum Gasteiger partial charge on any atom is -0.394 e. The molecule has 0 spiro atoms. The number of rotatable bonds is 6. The molecule has 1 fully saturated rings. The van der Waals surface area contributed by atoms with Crippen molar-refractivity contribution < 1.29 is 10.2 Å². The normalized spacial score (nSPS) is 18.2. The van der Waals surface area contributed by atoms with E-state index >= 15 is 0 Å². The minimum absolute atomic E-state index is 0.0206. The van der Waals surface area contributed by atoms with Gasteiger partial charge >= 0.3 is 0 Å². The highest BCUT2D eigenvalue weighted by atomic mass is 16.3. The highest BCUT2D eigenvalue weighted by Gasteiger charge is 2.29. The summed E-state index contributed by atoms with van der Waals surface area (Å²) in [6, 6.07) is 0. The first-order chi connectivity index (χ1) is 5.76. The maximum atomic E-state index is 9.09. The topological polar surface area (TPSA) is 52.5 Å². The van der Waals surface area contributed by atoms with E-state index in [0.29, 0.717) is 0 Å². The van der Waals surface area contributed by atoms with Crippen LogP contribution in [0.2, 0.25) is 0 Å². The Labute approximate surface area is 73.8 Å². The summed E-state index contributed by atoms with van der Waals surface area (Å²) in [6.07, 6.45) is 3.36. The van der Waals surface area contributed by atoms with Crippen molar-refractivity contribution in [3.8, 4) is 0 Å². The summed E-state index contributed by atoms with van der Waals surface area (Å²) < 4.78 is 0. The van der Waals surface area contributed by atoms with Gasteiger partial charge < -0.3 is 15.5 Å². The van der Waals surface area contributed by atoms with E-state index < -0.39 is 5.54 Å². The average molecular weight is 173 g/mol. The van der Waals surface area contributed by atoms with Crippen LogP contribution in [0.25, 0.3) is 0 Å². The summed E-state index contributed by atoms with van der Waals surface area (Å²) in [6.45, 7) is 2.96. The number of hydrogen-bond donors (Lipinski definition) is 3. The average Bonchev–Trinajstić information content (AvgIpc) is 2.92. The zero-order valence-corrected chi connectivity index (χ0v) is 7.71. The zero-order chi connectivity index (χ0) is 9.03. The van der Waals surface area contributed by atoms with E-state index in [1.54, 1.807) is 0 Å². The van der Waals surface area contributed by atoms with Crippen molar-refractivity contribution in [1.82, 2.24) is 5.32 Å². The van der Waals surface area contributed by atoms with Crippen molar-refractivity contribution in [2.24, 2.45) is 5.92 Å². The van der Waals surface area contributed by atoms with E-state index in [4.69, 9.17) is 10.2 Å². The van der Waals surface area contributed by atoms with E-state index in [2.05, 4.69) is 5.32 Å². The minimum atomic E-state index is -0.442. The lowest BCUT2D eigenvalue weighted by molar-refractivity contribution is 0.0870. The fraction of sp³-hybridized carbons (Fsp3) is 1.00. The van der Waals surface area contributed by atoms with Crippen LogP contribution in [-0.4, -0.2) is 35.5 Å². The molecular formula is C9H19NO2. The summed E-state index contributed by atoms with van der Waals surface area (Å²) in [5.41, 5.74) is -0.442. The molecule has 0 aromatic carbocycles. The molecule has 0 unspecified atom stereocenters. The van der Waals surface area contributed by atoms with Crippen molar-refractivity contribution in [3.05, 3.63) is 0 Å². The van der Waals surface area contributed by atoms with Gasteiger partial charge in [-0.2, -0.15) is 0 Å². The quantitative estimate of drug-likeness (QED) is 0.535. The van der Waals surface area contributed by atoms with Crippen LogP contribution >= 0.6 is 0 Å². The van der Waals surface area contributed by atoms with Crippen LogP contribution in [0.4, 0.5) is 0 Å². The molecule has 1 aliphatic carbocycles. The molecule has 3 N–H and O–H groups in total. The van der Waals surface area contributed by atoms with E-state index in [-0.39, 0.29) is 13.2 Å². The molecule has 0 saturated heterocycles. The second-order valence-electron chi connectivity index (χ2n) is 3.77. The summed E-state index contributed by atoms with van der Waals surface area (Å²) in [4.78, 5) is 0. The standard InChI is InChI=1S/C9H19NO2/c1-2-9(6-11,7-12)10-5-8-3-4-8/h8,10-12H,2-7H2,1H3. The predicted molar refractivity (Wildman–Crippen MR) is 47.9 cm³/mol. The number of aliphatic hydroxyl groups excluding tert-OH is 2. The van der Waals surface area contributed by atoms with E-state index in [0.717, 1.165) is 18.9 Å². The Morgan fingerprint density at radius 3 is 2.25 bits per heavy atom. The Bertz CT molecular complexity index is 122. The van der Waals surface area contributed by atoms with Crippen LogP contribution in [0.5, 0.6) is 0 Å². The third kappa shape index (κ3) is 2.44. The van der Waals surface area contributed by atoms with Gasteiger partial charge in [-0.1, -0.05) is 6.92 Å². The van der Waals surface area contributed by atoms with Crippen LogP contribution in [0, 0.1) is 5.92 Å². The van der Waals surface area contributed by atoms with Crippen molar-refractivity contribution in [3.63, 3.8) is 0 Å². The monoisotopic (exact) mass is 173 g/mol. The lowest BCUT2D eigenvalue weighted by atomic mass is 9.98. The van der Waals surface area contributed by atoms with Crippen LogP contribution in [-0.2, 0) is 0 Å². The summed E-state index contributed by atoms with van der Waals surface area (Å²) in [5, 5.41) is 21.4.